The number of nitrogens with one attached hydrogen (secondary N) is 1. The molecule has 0 bridgehead atoms. The number of carbonyl (C=O) groups is 2. The highest BCUT2D eigenvalue weighted by Crippen LogP contribution is 2.28. The third kappa shape index (κ3) is 5.49. The van der Waals surface area contributed by atoms with Crippen LogP contribution in [0, 0.1) is 0 Å². The maximum absolute atomic E-state index is 12.6. The Kier molecular flexibility index (Phi) is 7.11. The van der Waals surface area contributed by atoms with Gasteiger partial charge in [0.25, 0.3) is 5.91 Å². The molecule has 1 N–H and O–H groups in total. The van der Waals surface area contributed by atoms with E-state index in [1.165, 1.54) is 34.9 Å². The summed E-state index contributed by atoms with van der Waals surface area (Å²) in [6.07, 6.45) is 1.49. The third-order valence-corrected chi connectivity index (χ3v) is 7.16. The molecule has 0 aliphatic carbocycles. The van der Waals surface area contributed by atoms with Crippen LogP contribution in [-0.4, -0.2) is 63.7 Å². The topological polar surface area (TPSA) is 91.6 Å². The summed E-state index contributed by atoms with van der Waals surface area (Å²) in [7, 11) is 0. The van der Waals surface area contributed by atoms with Gasteiger partial charge in [-0.15, -0.1) is 10.2 Å². The molecule has 1 aliphatic heterocycles. The number of thioether (sulfide) groups is 1. The second-order valence-electron chi connectivity index (χ2n) is 7.71. The fourth-order valence-corrected chi connectivity index (χ4v) is 5.00. The van der Waals surface area contributed by atoms with E-state index in [0.717, 1.165) is 10.0 Å². The molecule has 2 amide bonds. The number of aromatic nitrogens is 2. The molecular weight excluding hydrogens is 446 g/mol. The van der Waals surface area contributed by atoms with Gasteiger partial charge in [0.15, 0.2) is 10.1 Å². The van der Waals surface area contributed by atoms with Crippen molar-refractivity contribution in [1.29, 1.82) is 0 Å². The molecule has 3 aromatic rings. The molecule has 1 saturated heterocycles. The number of piperazine rings is 1. The number of furan rings is 1. The summed E-state index contributed by atoms with van der Waals surface area (Å²) in [6, 6.07) is 11.6. The zero-order valence-electron chi connectivity index (χ0n) is 18.0. The number of hydrogen-bond donors (Lipinski definition) is 1. The standard InChI is InChI=1S/C22H25N5O3S2/c1-15(2)16-5-7-17(8-6-16)23-21-24-25-22(32-21)31-14-19(28)26-9-11-27(12-10-26)20(29)18-4-3-13-30-18/h3-8,13,15H,9-12,14H2,1-2H3,(H,23,24). The maximum atomic E-state index is 12.6. The van der Waals surface area contributed by atoms with Crippen molar-refractivity contribution in [3.05, 3.63) is 54.0 Å². The van der Waals surface area contributed by atoms with Crippen LogP contribution < -0.4 is 5.32 Å². The van der Waals surface area contributed by atoms with Crippen LogP contribution in [0.5, 0.6) is 0 Å². The summed E-state index contributed by atoms with van der Waals surface area (Å²) < 4.78 is 5.91. The number of amides is 2. The van der Waals surface area contributed by atoms with E-state index in [0.29, 0.717) is 48.7 Å². The van der Waals surface area contributed by atoms with Crippen LogP contribution in [0.1, 0.15) is 35.9 Å². The zero-order chi connectivity index (χ0) is 22.5. The Bertz CT molecular complexity index is 1040. The first-order valence-electron chi connectivity index (χ1n) is 10.4. The largest absolute Gasteiger partial charge is 0.459 e. The zero-order valence-corrected chi connectivity index (χ0v) is 19.6. The van der Waals surface area contributed by atoms with Gasteiger partial charge in [-0.25, -0.2) is 0 Å². The van der Waals surface area contributed by atoms with Crippen molar-refractivity contribution < 1.29 is 14.0 Å². The van der Waals surface area contributed by atoms with Gasteiger partial charge in [-0.3, -0.25) is 9.59 Å². The fourth-order valence-electron chi connectivity index (χ4n) is 3.32. The van der Waals surface area contributed by atoms with Gasteiger partial charge in [0.05, 0.1) is 12.0 Å². The van der Waals surface area contributed by atoms with Crippen LogP contribution in [0.2, 0.25) is 0 Å². The van der Waals surface area contributed by atoms with Crippen molar-refractivity contribution >= 4 is 45.7 Å². The quantitative estimate of drug-likeness (QED) is 0.519. The molecule has 3 heterocycles. The predicted octanol–water partition coefficient (Wildman–Crippen LogP) is 4.07. The molecule has 168 valence electrons. The number of anilines is 2. The molecule has 0 saturated carbocycles. The smallest absolute Gasteiger partial charge is 0.289 e. The van der Waals surface area contributed by atoms with Gasteiger partial charge < -0.3 is 19.5 Å². The Labute approximate surface area is 195 Å². The molecule has 1 aromatic carbocycles. The first-order chi connectivity index (χ1) is 15.5. The maximum Gasteiger partial charge on any atom is 0.289 e. The molecule has 0 unspecified atom stereocenters. The summed E-state index contributed by atoms with van der Waals surface area (Å²) in [5.74, 6) is 1.02. The molecule has 0 radical (unpaired) electrons. The third-order valence-electron chi connectivity index (χ3n) is 5.21. The molecule has 8 nitrogen and oxygen atoms in total. The van der Waals surface area contributed by atoms with Gasteiger partial charge in [0.1, 0.15) is 0 Å². The lowest BCUT2D eigenvalue weighted by atomic mass is 10.0. The van der Waals surface area contributed by atoms with Gasteiger partial charge in [-0.05, 0) is 35.7 Å². The second kappa shape index (κ2) is 10.2. The van der Waals surface area contributed by atoms with Crippen LogP contribution >= 0.6 is 23.1 Å². The number of rotatable bonds is 7. The minimum atomic E-state index is -0.135. The van der Waals surface area contributed by atoms with Gasteiger partial charge in [-0.1, -0.05) is 49.1 Å². The van der Waals surface area contributed by atoms with E-state index >= 15 is 0 Å². The highest BCUT2D eigenvalue weighted by atomic mass is 32.2. The van der Waals surface area contributed by atoms with Crippen molar-refractivity contribution in [3.8, 4) is 0 Å². The van der Waals surface area contributed by atoms with Crippen LogP contribution in [-0.2, 0) is 4.79 Å². The Morgan fingerprint density at radius 2 is 1.81 bits per heavy atom. The van der Waals surface area contributed by atoms with Crippen molar-refractivity contribution in [3.63, 3.8) is 0 Å². The van der Waals surface area contributed by atoms with Crippen LogP contribution in [0.3, 0.4) is 0 Å². The highest BCUT2D eigenvalue weighted by molar-refractivity contribution is 8.01. The summed E-state index contributed by atoms with van der Waals surface area (Å²) in [4.78, 5) is 28.4. The number of carbonyl (C=O) groups excluding carboxylic acids is 2. The van der Waals surface area contributed by atoms with E-state index in [9.17, 15) is 9.59 Å². The molecule has 2 aromatic heterocycles. The van der Waals surface area contributed by atoms with Gasteiger partial charge in [-0.2, -0.15) is 0 Å². The Hall–Kier alpha value is -2.85. The first-order valence-corrected chi connectivity index (χ1v) is 12.2. The van der Waals surface area contributed by atoms with Gasteiger partial charge >= 0.3 is 0 Å². The second-order valence-corrected chi connectivity index (χ2v) is 9.91. The van der Waals surface area contributed by atoms with E-state index in [1.54, 1.807) is 21.9 Å². The first kappa shape index (κ1) is 22.3. The number of hydrogen-bond acceptors (Lipinski definition) is 8. The van der Waals surface area contributed by atoms with Crippen molar-refractivity contribution in [2.75, 3.05) is 37.2 Å². The van der Waals surface area contributed by atoms with Gasteiger partial charge in [0, 0.05) is 31.9 Å². The predicted molar refractivity (Wildman–Crippen MR) is 126 cm³/mol. The highest BCUT2D eigenvalue weighted by Gasteiger charge is 2.26. The Balaban J connectivity index is 1.23. The van der Waals surface area contributed by atoms with Crippen molar-refractivity contribution in [2.45, 2.75) is 24.1 Å². The summed E-state index contributed by atoms with van der Waals surface area (Å²) in [5, 5.41) is 12.3. The SMILES string of the molecule is CC(C)c1ccc(Nc2nnc(SCC(=O)N3CCN(C(=O)c4ccco4)CC3)s2)cc1. The van der Waals surface area contributed by atoms with Crippen molar-refractivity contribution in [2.24, 2.45) is 0 Å². The molecule has 32 heavy (non-hydrogen) atoms. The molecule has 4 rings (SSSR count). The van der Waals surface area contributed by atoms with Gasteiger partial charge in [0.2, 0.25) is 11.0 Å². The van der Waals surface area contributed by atoms with E-state index in [-0.39, 0.29) is 11.8 Å². The average Bonchev–Trinajstić information content (AvgIpc) is 3.50. The minimum absolute atomic E-state index is 0.0362. The summed E-state index contributed by atoms with van der Waals surface area (Å²) in [6.45, 7) is 6.36. The van der Waals surface area contributed by atoms with E-state index in [2.05, 4.69) is 41.5 Å². The Morgan fingerprint density at radius 3 is 2.47 bits per heavy atom. The van der Waals surface area contributed by atoms with E-state index < -0.39 is 0 Å². The normalized spacial score (nSPS) is 14.1. The van der Waals surface area contributed by atoms with Crippen LogP contribution in [0.25, 0.3) is 0 Å². The van der Waals surface area contributed by atoms with E-state index in [4.69, 9.17) is 4.42 Å². The Morgan fingerprint density at radius 1 is 1.09 bits per heavy atom. The molecule has 10 heteroatoms. The summed E-state index contributed by atoms with van der Waals surface area (Å²) in [5.41, 5.74) is 2.24. The summed E-state index contributed by atoms with van der Waals surface area (Å²) >= 11 is 2.81. The molecule has 0 atom stereocenters. The number of benzene rings is 1. The van der Waals surface area contributed by atoms with Crippen LogP contribution in [0.15, 0.2) is 51.4 Å². The molecule has 1 fully saturated rings. The van der Waals surface area contributed by atoms with Crippen LogP contribution in [0.4, 0.5) is 10.8 Å². The lowest BCUT2D eigenvalue weighted by Crippen LogP contribution is -2.51. The van der Waals surface area contributed by atoms with E-state index in [1.807, 2.05) is 12.1 Å². The minimum Gasteiger partial charge on any atom is -0.459 e. The average molecular weight is 472 g/mol. The monoisotopic (exact) mass is 471 g/mol. The van der Waals surface area contributed by atoms with Crippen molar-refractivity contribution in [1.82, 2.24) is 20.0 Å². The lowest BCUT2D eigenvalue weighted by Gasteiger charge is -2.34. The molecular formula is C22H25N5O3S2. The molecule has 0 spiro atoms. The molecule has 1 aliphatic rings. The fraction of sp³-hybridized carbons (Fsp3) is 0.364. The lowest BCUT2D eigenvalue weighted by molar-refractivity contribution is -0.129. The number of nitrogens with zero attached hydrogens (tertiary/aromatic N) is 4.